The number of benzene rings is 1. The van der Waals surface area contributed by atoms with E-state index in [9.17, 15) is 4.79 Å². The highest BCUT2D eigenvalue weighted by Crippen LogP contribution is 2.11. The molecule has 1 aromatic rings. The molecule has 2 N–H and O–H groups in total. The first kappa shape index (κ1) is 11.7. The van der Waals surface area contributed by atoms with E-state index in [-0.39, 0.29) is 11.7 Å². The first-order valence-electron chi connectivity index (χ1n) is 5.09. The molecule has 0 amide bonds. The molecule has 0 saturated carbocycles. The summed E-state index contributed by atoms with van der Waals surface area (Å²) in [5.41, 5.74) is 7.77. The Kier molecular flexibility index (Phi) is 4.25. The van der Waals surface area contributed by atoms with E-state index in [4.69, 9.17) is 5.73 Å². The average molecular weight is 203 g/mol. The summed E-state index contributed by atoms with van der Waals surface area (Å²) < 4.78 is 0. The Morgan fingerprint density at radius 1 is 1.47 bits per heavy atom. The highest BCUT2D eigenvalue weighted by Gasteiger charge is 2.12. The minimum atomic E-state index is -0.0559. The number of hydrogen-bond acceptors (Lipinski definition) is 2. The molecular weight excluding hydrogens is 186 g/mol. The van der Waals surface area contributed by atoms with E-state index >= 15 is 0 Å². The van der Waals surface area contributed by atoms with Crippen LogP contribution in [-0.4, -0.2) is 12.3 Å². The fraction of sp³-hybridized carbons (Fsp3) is 0.308. The third-order valence-corrected chi connectivity index (χ3v) is 2.56. The summed E-state index contributed by atoms with van der Waals surface area (Å²) in [6.45, 7) is 5.70. The molecule has 1 atom stereocenters. The van der Waals surface area contributed by atoms with Crippen LogP contribution in [0.4, 0.5) is 0 Å². The lowest BCUT2D eigenvalue weighted by Crippen LogP contribution is -2.23. The van der Waals surface area contributed by atoms with Crippen LogP contribution < -0.4 is 5.73 Å². The Morgan fingerprint density at radius 3 is 2.47 bits per heavy atom. The van der Waals surface area contributed by atoms with Gasteiger partial charge in [0.25, 0.3) is 0 Å². The second kappa shape index (κ2) is 5.47. The summed E-state index contributed by atoms with van der Waals surface area (Å²) in [6.07, 6.45) is 2.53. The maximum absolute atomic E-state index is 11.2. The summed E-state index contributed by atoms with van der Waals surface area (Å²) in [7, 11) is 0. The molecule has 0 aliphatic rings. The molecule has 0 bridgehead atoms. The lowest BCUT2D eigenvalue weighted by molar-refractivity contribution is -0.120. The molecule has 2 heteroatoms. The van der Waals surface area contributed by atoms with Gasteiger partial charge in [0.15, 0.2) is 0 Å². The van der Waals surface area contributed by atoms with Crippen LogP contribution in [0.1, 0.15) is 18.1 Å². The van der Waals surface area contributed by atoms with Gasteiger partial charge in [-0.15, -0.1) is 0 Å². The molecule has 0 aliphatic heterocycles. The number of carbonyl (C=O) groups is 1. The van der Waals surface area contributed by atoms with E-state index in [2.05, 4.69) is 6.58 Å². The first-order chi connectivity index (χ1) is 7.17. The van der Waals surface area contributed by atoms with Crippen LogP contribution >= 0.6 is 0 Å². The van der Waals surface area contributed by atoms with Crippen molar-refractivity contribution in [2.45, 2.75) is 13.3 Å². The van der Waals surface area contributed by atoms with Gasteiger partial charge in [0.1, 0.15) is 5.78 Å². The molecule has 0 aromatic heterocycles. The lowest BCUT2D eigenvalue weighted by Gasteiger charge is -2.10. The molecular formula is C13H17NO. The van der Waals surface area contributed by atoms with Crippen LogP contribution in [-0.2, 0) is 11.2 Å². The van der Waals surface area contributed by atoms with Gasteiger partial charge in [0.05, 0.1) is 0 Å². The highest BCUT2D eigenvalue weighted by molar-refractivity contribution is 5.78. The van der Waals surface area contributed by atoms with Gasteiger partial charge >= 0.3 is 0 Å². The minimum Gasteiger partial charge on any atom is -0.330 e. The number of ketones is 1. The van der Waals surface area contributed by atoms with Crippen molar-refractivity contribution in [2.75, 3.05) is 6.54 Å². The fourth-order valence-electron chi connectivity index (χ4n) is 1.47. The topological polar surface area (TPSA) is 43.1 Å². The van der Waals surface area contributed by atoms with Crippen molar-refractivity contribution in [1.82, 2.24) is 0 Å². The minimum absolute atomic E-state index is 0.0559. The number of rotatable bonds is 5. The number of Topliss-reactive ketones (excluding diaryl/α,β-unsaturated/α-hetero) is 1. The van der Waals surface area contributed by atoms with Crippen molar-refractivity contribution in [3.8, 4) is 0 Å². The first-order valence-corrected chi connectivity index (χ1v) is 5.09. The maximum Gasteiger partial charge on any atom is 0.134 e. The zero-order chi connectivity index (χ0) is 11.3. The quantitative estimate of drug-likeness (QED) is 0.795. The van der Waals surface area contributed by atoms with Crippen molar-refractivity contribution in [1.29, 1.82) is 0 Å². The van der Waals surface area contributed by atoms with Gasteiger partial charge in [-0.05, 0) is 24.5 Å². The third kappa shape index (κ3) is 3.33. The summed E-state index contributed by atoms with van der Waals surface area (Å²) >= 11 is 0. The van der Waals surface area contributed by atoms with Gasteiger partial charge in [-0.25, -0.2) is 0 Å². The molecule has 0 saturated heterocycles. The molecule has 0 spiro atoms. The molecule has 2 nitrogen and oxygen atoms in total. The van der Waals surface area contributed by atoms with E-state index in [1.54, 1.807) is 13.0 Å². The smallest absolute Gasteiger partial charge is 0.134 e. The standard InChI is InChI=1S/C13H17NO/c1-3-11-4-6-12(7-5-11)8-13(9-14)10(2)15/h3-7,13H,1,8-9,14H2,2H3. The van der Waals surface area contributed by atoms with Crippen LogP contribution in [0.3, 0.4) is 0 Å². The third-order valence-electron chi connectivity index (χ3n) is 2.56. The molecule has 0 heterocycles. The zero-order valence-electron chi connectivity index (χ0n) is 9.07. The molecule has 1 unspecified atom stereocenters. The molecule has 1 rings (SSSR count). The highest BCUT2D eigenvalue weighted by atomic mass is 16.1. The van der Waals surface area contributed by atoms with Crippen molar-refractivity contribution >= 4 is 11.9 Å². The second-order valence-electron chi connectivity index (χ2n) is 3.69. The number of carbonyl (C=O) groups excluding carboxylic acids is 1. The second-order valence-corrected chi connectivity index (χ2v) is 3.69. The summed E-state index contributed by atoms with van der Waals surface area (Å²) in [5.74, 6) is 0.102. The fourth-order valence-corrected chi connectivity index (χ4v) is 1.47. The van der Waals surface area contributed by atoms with E-state index in [1.165, 1.54) is 0 Å². The summed E-state index contributed by atoms with van der Waals surface area (Å²) in [5, 5.41) is 0. The van der Waals surface area contributed by atoms with Gasteiger partial charge in [-0.1, -0.05) is 36.9 Å². The molecule has 1 aromatic carbocycles. The molecule has 0 aliphatic carbocycles. The Balaban J connectivity index is 2.71. The van der Waals surface area contributed by atoms with Gasteiger partial charge in [-0.2, -0.15) is 0 Å². The Bertz CT molecular complexity index is 340. The van der Waals surface area contributed by atoms with Gasteiger partial charge in [0.2, 0.25) is 0 Å². The van der Waals surface area contributed by atoms with Crippen LogP contribution in [0.15, 0.2) is 30.8 Å². The maximum atomic E-state index is 11.2. The van der Waals surface area contributed by atoms with Gasteiger partial charge in [-0.3, -0.25) is 4.79 Å². The normalized spacial score (nSPS) is 12.1. The molecule has 80 valence electrons. The SMILES string of the molecule is C=Cc1ccc(CC(CN)C(C)=O)cc1. The van der Waals surface area contributed by atoms with Crippen LogP contribution in [0.2, 0.25) is 0 Å². The Hall–Kier alpha value is -1.41. The predicted octanol–water partition coefficient (Wildman–Crippen LogP) is 2.04. The molecule has 0 radical (unpaired) electrons. The van der Waals surface area contributed by atoms with Crippen molar-refractivity contribution in [3.05, 3.63) is 42.0 Å². The van der Waals surface area contributed by atoms with E-state index < -0.39 is 0 Å². The zero-order valence-corrected chi connectivity index (χ0v) is 9.07. The van der Waals surface area contributed by atoms with Crippen LogP contribution in [0.25, 0.3) is 6.08 Å². The lowest BCUT2D eigenvalue weighted by atomic mass is 9.95. The van der Waals surface area contributed by atoms with Gasteiger partial charge < -0.3 is 5.73 Å². The average Bonchev–Trinajstić information content (AvgIpc) is 2.26. The monoisotopic (exact) mass is 203 g/mol. The number of nitrogens with two attached hydrogens (primary N) is 1. The Morgan fingerprint density at radius 2 is 2.07 bits per heavy atom. The van der Waals surface area contributed by atoms with Crippen molar-refractivity contribution < 1.29 is 4.79 Å². The van der Waals surface area contributed by atoms with E-state index in [1.807, 2.05) is 24.3 Å². The summed E-state index contributed by atoms with van der Waals surface area (Å²) in [4.78, 5) is 11.2. The van der Waals surface area contributed by atoms with Gasteiger partial charge in [0, 0.05) is 12.5 Å². The molecule has 0 fully saturated rings. The van der Waals surface area contributed by atoms with Crippen molar-refractivity contribution in [2.24, 2.45) is 11.7 Å². The van der Waals surface area contributed by atoms with E-state index in [0.29, 0.717) is 6.54 Å². The van der Waals surface area contributed by atoms with Crippen LogP contribution in [0, 0.1) is 5.92 Å². The largest absolute Gasteiger partial charge is 0.330 e. The Labute approximate surface area is 90.8 Å². The van der Waals surface area contributed by atoms with E-state index in [0.717, 1.165) is 17.5 Å². The summed E-state index contributed by atoms with van der Waals surface area (Å²) in [6, 6.07) is 8.03. The predicted molar refractivity (Wildman–Crippen MR) is 63.5 cm³/mol. The number of hydrogen-bond donors (Lipinski definition) is 1. The molecule has 15 heavy (non-hydrogen) atoms. The van der Waals surface area contributed by atoms with Crippen molar-refractivity contribution in [3.63, 3.8) is 0 Å². The van der Waals surface area contributed by atoms with Crippen LogP contribution in [0.5, 0.6) is 0 Å².